The van der Waals surface area contributed by atoms with E-state index in [1.807, 2.05) is 6.07 Å². The van der Waals surface area contributed by atoms with Crippen LogP contribution in [0.5, 0.6) is 0 Å². The Hall–Kier alpha value is -2.67. The first kappa shape index (κ1) is 17.7. The minimum Gasteiger partial charge on any atom is -0.360 e. The molecule has 2 heterocycles. The molecule has 0 spiro atoms. The number of aromatic amines is 1. The third-order valence-corrected chi connectivity index (χ3v) is 5.29. The molecule has 27 heavy (non-hydrogen) atoms. The van der Waals surface area contributed by atoms with Gasteiger partial charge in [0.2, 0.25) is 11.3 Å². The van der Waals surface area contributed by atoms with E-state index in [9.17, 15) is 14.4 Å². The molecule has 1 aromatic carbocycles. The first-order valence-electron chi connectivity index (χ1n) is 9.50. The number of nitrogens with zero attached hydrogens (tertiary/aromatic N) is 1. The Balaban J connectivity index is 1.29. The van der Waals surface area contributed by atoms with E-state index in [1.54, 1.807) is 18.2 Å². The molecule has 1 aromatic heterocycles. The maximum absolute atomic E-state index is 12.4. The summed E-state index contributed by atoms with van der Waals surface area (Å²) in [5, 5.41) is 5.97. The molecule has 3 N–H and O–H groups in total. The van der Waals surface area contributed by atoms with Crippen LogP contribution in [0.25, 0.3) is 10.9 Å². The maximum atomic E-state index is 12.4. The van der Waals surface area contributed by atoms with Gasteiger partial charge in [-0.3, -0.25) is 14.4 Å². The Bertz CT molecular complexity index is 919. The van der Waals surface area contributed by atoms with Crippen LogP contribution in [0.15, 0.2) is 35.3 Å². The number of carbonyl (C=O) groups is 2. The Morgan fingerprint density at radius 2 is 2.00 bits per heavy atom. The summed E-state index contributed by atoms with van der Waals surface area (Å²) >= 11 is 0. The molecule has 142 valence electrons. The van der Waals surface area contributed by atoms with E-state index in [-0.39, 0.29) is 29.5 Å². The smallest absolute Gasteiger partial charge is 0.257 e. The molecule has 2 amide bonds. The van der Waals surface area contributed by atoms with Crippen molar-refractivity contribution >= 4 is 22.7 Å². The molecule has 0 radical (unpaired) electrons. The van der Waals surface area contributed by atoms with Gasteiger partial charge in [-0.15, -0.1) is 0 Å². The summed E-state index contributed by atoms with van der Waals surface area (Å²) in [4.78, 5) is 42.2. The van der Waals surface area contributed by atoms with E-state index in [4.69, 9.17) is 0 Å². The highest BCUT2D eigenvalue weighted by Crippen LogP contribution is 2.30. The molecule has 2 fully saturated rings. The molecule has 4 rings (SSSR count). The molecular formula is C20H24N4O3. The van der Waals surface area contributed by atoms with Crippen molar-refractivity contribution in [3.8, 4) is 0 Å². The number of aromatic nitrogens is 1. The zero-order valence-electron chi connectivity index (χ0n) is 15.2. The van der Waals surface area contributed by atoms with Crippen molar-refractivity contribution in [1.82, 2.24) is 20.5 Å². The molecule has 1 unspecified atom stereocenters. The highest BCUT2D eigenvalue weighted by molar-refractivity contribution is 5.98. The fraction of sp³-hybridized carbons (Fsp3) is 0.450. The molecule has 1 aliphatic heterocycles. The Morgan fingerprint density at radius 3 is 2.81 bits per heavy atom. The van der Waals surface area contributed by atoms with Gasteiger partial charge in [-0.05, 0) is 37.3 Å². The van der Waals surface area contributed by atoms with Crippen LogP contribution in [0.1, 0.15) is 29.6 Å². The highest BCUT2D eigenvalue weighted by atomic mass is 16.2. The van der Waals surface area contributed by atoms with E-state index in [0.717, 1.165) is 32.0 Å². The van der Waals surface area contributed by atoms with E-state index in [1.165, 1.54) is 19.0 Å². The zero-order valence-corrected chi connectivity index (χ0v) is 15.2. The van der Waals surface area contributed by atoms with Gasteiger partial charge < -0.3 is 20.5 Å². The van der Waals surface area contributed by atoms with Gasteiger partial charge in [0.05, 0.1) is 6.54 Å². The Kier molecular flexibility index (Phi) is 4.94. The quantitative estimate of drug-likeness (QED) is 0.705. The number of para-hydroxylation sites is 1. The largest absolute Gasteiger partial charge is 0.360 e. The van der Waals surface area contributed by atoms with Crippen molar-refractivity contribution in [2.45, 2.75) is 25.3 Å². The van der Waals surface area contributed by atoms with Gasteiger partial charge in [0.15, 0.2) is 0 Å². The number of rotatable bonds is 6. The second kappa shape index (κ2) is 7.52. The summed E-state index contributed by atoms with van der Waals surface area (Å²) in [7, 11) is 0. The number of benzene rings is 1. The summed E-state index contributed by atoms with van der Waals surface area (Å²) in [6.45, 7) is 2.89. The fourth-order valence-corrected chi connectivity index (χ4v) is 3.65. The summed E-state index contributed by atoms with van der Waals surface area (Å²) in [6.07, 6.45) is 4.99. The van der Waals surface area contributed by atoms with Gasteiger partial charge in [0, 0.05) is 42.8 Å². The first-order chi connectivity index (χ1) is 13.1. The van der Waals surface area contributed by atoms with Crippen LogP contribution in [-0.2, 0) is 4.79 Å². The van der Waals surface area contributed by atoms with Crippen molar-refractivity contribution in [2.75, 3.05) is 26.2 Å². The lowest BCUT2D eigenvalue weighted by Gasteiger charge is -2.16. The predicted octanol–water partition coefficient (Wildman–Crippen LogP) is 0.858. The average molecular weight is 368 g/mol. The van der Waals surface area contributed by atoms with E-state index in [0.29, 0.717) is 10.9 Å². The van der Waals surface area contributed by atoms with Crippen molar-refractivity contribution in [3.05, 3.63) is 46.2 Å². The van der Waals surface area contributed by atoms with E-state index < -0.39 is 5.91 Å². The molecule has 1 saturated heterocycles. The lowest BCUT2D eigenvalue weighted by Crippen LogP contribution is -2.43. The molecule has 7 heteroatoms. The number of H-pyrrole nitrogens is 1. The molecule has 1 saturated carbocycles. The van der Waals surface area contributed by atoms with Gasteiger partial charge in [-0.2, -0.15) is 0 Å². The first-order valence-corrected chi connectivity index (χ1v) is 9.50. The van der Waals surface area contributed by atoms with Crippen LogP contribution < -0.4 is 16.1 Å². The summed E-state index contributed by atoms with van der Waals surface area (Å²) in [6, 6.07) is 7.15. The number of hydrogen-bond acceptors (Lipinski definition) is 4. The van der Waals surface area contributed by atoms with Gasteiger partial charge in [-0.1, -0.05) is 12.1 Å². The Morgan fingerprint density at radius 1 is 1.19 bits per heavy atom. The summed E-state index contributed by atoms with van der Waals surface area (Å²) in [5.41, 5.74) is 0.348. The Labute approximate surface area is 157 Å². The van der Waals surface area contributed by atoms with E-state index >= 15 is 0 Å². The molecular weight excluding hydrogens is 344 g/mol. The minimum absolute atomic E-state index is 0.0120. The van der Waals surface area contributed by atoms with Crippen molar-refractivity contribution in [2.24, 2.45) is 5.92 Å². The van der Waals surface area contributed by atoms with Crippen molar-refractivity contribution in [3.63, 3.8) is 0 Å². The maximum Gasteiger partial charge on any atom is 0.257 e. The van der Waals surface area contributed by atoms with Crippen LogP contribution in [0, 0.1) is 5.92 Å². The molecule has 1 aliphatic carbocycles. The lowest BCUT2D eigenvalue weighted by molar-refractivity contribution is -0.120. The number of hydrogen-bond donors (Lipinski definition) is 3. The van der Waals surface area contributed by atoms with Gasteiger partial charge >= 0.3 is 0 Å². The van der Waals surface area contributed by atoms with E-state index in [2.05, 4.69) is 20.5 Å². The number of amides is 2. The molecule has 0 bridgehead atoms. The molecule has 2 aliphatic rings. The van der Waals surface area contributed by atoms with Crippen LogP contribution in [0.4, 0.5) is 0 Å². The summed E-state index contributed by atoms with van der Waals surface area (Å²) in [5.74, 6) is 0.0801. The average Bonchev–Trinajstić information content (AvgIpc) is 3.38. The standard InChI is InChI=1S/C20H24N4O3/c25-18(23-14-7-8-24(12-14)11-13-5-6-13)10-22-20(27)16-9-21-17-4-2-1-3-15(17)19(16)26/h1-4,9,13-14H,5-8,10-12H2,(H,21,26)(H,22,27)(H,23,25). The number of pyridine rings is 1. The third kappa shape index (κ3) is 4.19. The number of nitrogens with one attached hydrogen (secondary N) is 3. The van der Waals surface area contributed by atoms with Crippen molar-refractivity contribution in [1.29, 1.82) is 0 Å². The van der Waals surface area contributed by atoms with Crippen LogP contribution in [0.3, 0.4) is 0 Å². The summed E-state index contributed by atoms with van der Waals surface area (Å²) < 4.78 is 0. The predicted molar refractivity (Wildman–Crippen MR) is 103 cm³/mol. The normalized spacial score (nSPS) is 19.9. The SMILES string of the molecule is O=C(CNC(=O)c1c[nH]c2ccccc2c1=O)NC1CCN(CC2CC2)C1. The molecule has 7 nitrogen and oxygen atoms in total. The van der Waals surface area contributed by atoms with Crippen LogP contribution in [0.2, 0.25) is 0 Å². The van der Waals surface area contributed by atoms with Gasteiger partial charge in [-0.25, -0.2) is 0 Å². The van der Waals surface area contributed by atoms with Gasteiger partial charge in [0.1, 0.15) is 5.56 Å². The topological polar surface area (TPSA) is 94.3 Å². The lowest BCUT2D eigenvalue weighted by atomic mass is 10.1. The van der Waals surface area contributed by atoms with Gasteiger partial charge in [0.25, 0.3) is 5.91 Å². The molecule has 2 aromatic rings. The monoisotopic (exact) mass is 368 g/mol. The van der Waals surface area contributed by atoms with Crippen LogP contribution in [-0.4, -0.2) is 53.9 Å². The fourth-order valence-electron chi connectivity index (χ4n) is 3.65. The zero-order chi connectivity index (χ0) is 18.8. The van der Waals surface area contributed by atoms with Crippen molar-refractivity contribution < 1.29 is 9.59 Å². The van der Waals surface area contributed by atoms with Crippen LogP contribution >= 0.6 is 0 Å². The number of carbonyl (C=O) groups excluding carboxylic acids is 2. The second-order valence-electron chi connectivity index (χ2n) is 7.52. The highest BCUT2D eigenvalue weighted by Gasteiger charge is 2.29. The second-order valence-corrected chi connectivity index (χ2v) is 7.52. The molecule has 1 atom stereocenters. The minimum atomic E-state index is -0.543. The number of fused-ring (bicyclic) bond motifs is 1. The number of likely N-dealkylation sites (tertiary alicyclic amines) is 1. The third-order valence-electron chi connectivity index (χ3n) is 5.29.